The molecule has 2 heteroatoms. The highest BCUT2D eigenvalue weighted by atomic mass is 15.2. The van der Waals surface area contributed by atoms with E-state index in [0.29, 0.717) is 5.92 Å². The summed E-state index contributed by atoms with van der Waals surface area (Å²) in [6.07, 6.45) is 2.38. The van der Waals surface area contributed by atoms with Gasteiger partial charge in [0, 0.05) is 23.5 Å². The third-order valence-corrected chi connectivity index (χ3v) is 3.86. The summed E-state index contributed by atoms with van der Waals surface area (Å²) in [4.78, 5) is 2.54. The van der Waals surface area contributed by atoms with Gasteiger partial charge in [0.2, 0.25) is 0 Å². The van der Waals surface area contributed by atoms with Crippen molar-refractivity contribution in [1.82, 2.24) is 0 Å². The van der Waals surface area contributed by atoms with Crippen LogP contribution >= 0.6 is 0 Å². The summed E-state index contributed by atoms with van der Waals surface area (Å²) in [6.45, 7) is 10.4. The summed E-state index contributed by atoms with van der Waals surface area (Å²) in [5, 5.41) is 0. The maximum absolute atomic E-state index is 5.91. The molecule has 1 aromatic rings. The fraction of sp³-hybridized carbons (Fsp3) is 0.600. The molecule has 1 atom stereocenters. The lowest BCUT2D eigenvalue weighted by molar-refractivity contribution is 0.376. The zero-order valence-corrected chi connectivity index (χ0v) is 11.5. The SMILES string of the molecule is CCCN1c2ccc(N)cc2C(C)CC1(C)C. The number of nitrogen functional groups attached to an aromatic ring is 1. The fourth-order valence-electron chi connectivity index (χ4n) is 3.16. The molecule has 0 aliphatic carbocycles. The number of nitrogens with zero attached hydrogens (tertiary/aromatic N) is 1. The lowest BCUT2D eigenvalue weighted by Crippen LogP contribution is -2.48. The molecule has 0 spiro atoms. The first kappa shape index (κ1) is 12.3. The van der Waals surface area contributed by atoms with Gasteiger partial charge in [-0.25, -0.2) is 0 Å². The molecule has 0 saturated heterocycles. The maximum Gasteiger partial charge on any atom is 0.0407 e. The highest BCUT2D eigenvalue weighted by molar-refractivity contribution is 5.64. The molecule has 2 N–H and O–H groups in total. The Labute approximate surface area is 105 Å². The van der Waals surface area contributed by atoms with Crippen molar-refractivity contribution >= 4 is 11.4 Å². The lowest BCUT2D eigenvalue weighted by Gasteiger charge is -2.47. The van der Waals surface area contributed by atoms with E-state index in [1.807, 2.05) is 6.07 Å². The van der Waals surface area contributed by atoms with E-state index in [1.54, 1.807) is 0 Å². The minimum Gasteiger partial charge on any atom is -0.399 e. The molecular weight excluding hydrogens is 208 g/mol. The van der Waals surface area contributed by atoms with Crippen molar-refractivity contribution in [1.29, 1.82) is 0 Å². The van der Waals surface area contributed by atoms with Gasteiger partial charge in [0.1, 0.15) is 0 Å². The van der Waals surface area contributed by atoms with Gasteiger partial charge >= 0.3 is 0 Å². The van der Waals surface area contributed by atoms with Crippen molar-refractivity contribution < 1.29 is 0 Å². The van der Waals surface area contributed by atoms with Crippen LogP contribution in [0.1, 0.15) is 52.0 Å². The summed E-state index contributed by atoms with van der Waals surface area (Å²) in [6, 6.07) is 6.37. The van der Waals surface area contributed by atoms with Crippen LogP contribution in [0.5, 0.6) is 0 Å². The Morgan fingerprint density at radius 1 is 1.41 bits per heavy atom. The van der Waals surface area contributed by atoms with E-state index in [1.165, 1.54) is 24.1 Å². The Morgan fingerprint density at radius 2 is 2.12 bits per heavy atom. The number of hydrogen-bond donors (Lipinski definition) is 1. The van der Waals surface area contributed by atoms with Gasteiger partial charge in [0.25, 0.3) is 0 Å². The smallest absolute Gasteiger partial charge is 0.0407 e. The van der Waals surface area contributed by atoms with Crippen LogP contribution in [0, 0.1) is 0 Å². The summed E-state index contributed by atoms with van der Waals surface area (Å²) >= 11 is 0. The average molecular weight is 232 g/mol. The molecule has 17 heavy (non-hydrogen) atoms. The molecular formula is C15H24N2. The average Bonchev–Trinajstić information content (AvgIpc) is 2.24. The third-order valence-electron chi connectivity index (χ3n) is 3.86. The van der Waals surface area contributed by atoms with Crippen molar-refractivity contribution in [2.45, 2.75) is 52.0 Å². The summed E-state index contributed by atoms with van der Waals surface area (Å²) < 4.78 is 0. The molecule has 0 amide bonds. The lowest BCUT2D eigenvalue weighted by atomic mass is 9.80. The number of anilines is 2. The predicted octanol–water partition coefficient (Wildman–Crippen LogP) is 3.77. The molecule has 0 radical (unpaired) electrons. The second-order valence-corrected chi connectivity index (χ2v) is 5.89. The van der Waals surface area contributed by atoms with Crippen LogP contribution in [0.15, 0.2) is 18.2 Å². The topological polar surface area (TPSA) is 29.3 Å². The van der Waals surface area contributed by atoms with Crippen LogP contribution in [0.4, 0.5) is 11.4 Å². The molecule has 1 aliphatic heterocycles. The Bertz CT molecular complexity index is 409. The molecule has 2 rings (SSSR count). The van der Waals surface area contributed by atoms with Crippen LogP contribution in [0.25, 0.3) is 0 Å². The number of nitrogens with two attached hydrogens (primary N) is 1. The van der Waals surface area contributed by atoms with Gasteiger partial charge in [0.05, 0.1) is 0 Å². The molecule has 2 nitrogen and oxygen atoms in total. The van der Waals surface area contributed by atoms with E-state index >= 15 is 0 Å². The predicted molar refractivity (Wildman–Crippen MR) is 75.6 cm³/mol. The van der Waals surface area contributed by atoms with Gasteiger partial charge in [-0.3, -0.25) is 0 Å². The van der Waals surface area contributed by atoms with Crippen LogP contribution in [-0.2, 0) is 0 Å². The van der Waals surface area contributed by atoms with Crippen LogP contribution in [0.3, 0.4) is 0 Å². The van der Waals surface area contributed by atoms with E-state index in [2.05, 4.69) is 44.7 Å². The van der Waals surface area contributed by atoms with E-state index in [-0.39, 0.29) is 5.54 Å². The molecule has 0 fully saturated rings. The van der Waals surface area contributed by atoms with Crippen molar-refractivity contribution in [2.24, 2.45) is 0 Å². The van der Waals surface area contributed by atoms with E-state index in [4.69, 9.17) is 5.73 Å². The monoisotopic (exact) mass is 232 g/mol. The standard InChI is InChI=1S/C15H24N2/c1-5-8-17-14-7-6-12(16)9-13(14)11(2)10-15(17,3)4/h6-7,9,11H,5,8,10,16H2,1-4H3. The Morgan fingerprint density at radius 3 is 2.76 bits per heavy atom. The summed E-state index contributed by atoms with van der Waals surface area (Å²) in [7, 11) is 0. The fourth-order valence-corrected chi connectivity index (χ4v) is 3.16. The number of hydrogen-bond acceptors (Lipinski definition) is 2. The van der Waals surface area contributed by atoms with E-state index < -0.39 is 0 Å². The molecule has 1 aliphatic rings. The van der Waals surface area contributed by atoms with Crippen molar-refractivity contribution in [3.8, 4) is 0 Å². The molecule has 1 unspecified atom stereocenters. The number of rotatable bonds is 2. The molecule has 0 bridgehead atoms. The Kier molecular flexibility index (Phi) is 3.07. The number of fused-ring (bicyclic) bond motifs is 1. The molecule has 0 saturated carbocycles. The van der Waals surface area contributed by atoms with Gasteiger partial charge in [0.15, 0.2) is 0 Å². The van der Waals surface area contributed by atoms with E-state index in [0.717, 1.165) is 12.2 Å². The van der Waals surface area contributed by atoms with Crippen LogP contribution in [0.2, 0.25) is 0 Å². The van der Waals surface area contributed by atoms with E-state index in [9.17, 15) is 0 Å². The summed E-state index contributed by atoms with van der Waals surface area (Å²) in [5.41, 5.74) is 9.84. The minimum absolute atomic E-state index is 0.249. The highest BCUT2D eigenvalue weighted by Gasteiger charge is 2.35. The van der Waals surface area contributed by atoms with Crippen LogP contribution < -0.4 is 10.6 Å². The zero-order valence-electron chi connectivity index (χ0n) is 11.5. The van der Waals surface area contributed by atoms with Crippen molar-refractivity contribution in [3.63, 3.8) is 0 Å². The van der Waals surface area contributed by atoms with Crippen LogP contribution in [-0.4, -0.2) is 12.1 Å². The highest BCUT2D eigenvalue weighted by Crippen LogP contribution is 2.43. The Balaban J connectivity index is 2.49. The van der Waals surface area contributed by atoms with Gasteiger partial charge in [-0.05, 0) is 56.4 Å². The first-order valence-electron chi connectivity index (χ1n) is 6.63. The second kappa shape index (κ2) is 4.25. The summed E-state index contributed by atoms with van der Waals surface area (Å²) in [5.74, 6) is 0.594. The second-order valence-electron chi connectivity index (χ2n) is 5.89. The molecule has 94 valence electrons. The van der Waals surface area contributed by atoms with Crippen molar-refractivity contribution in [2.75, 3.05) is 17.2 Å². The largest absolute Gasteiger partial charge is 0.399 e. The number of benzene rings is 1. The Hall–Kier alpha value is -1.18. The third kappa shape index (κ3) is 2.13. The molecule has 1 aromatic carbocycles. The maximum atomic E-state index is 5.91. The first-order chi connectivity index (χ1) is 7.95. The van der Waals surface area contributed by atoms with Crippen molar-refractivity contribution in [3.05, 3.63) is 23.8 Å². The molecule has 1 heterocycles. The minimum atomic E-state index is 0.249. The van der Waals surface area contributed by atoms with Gasteiger partial charge in [-0.15, -0.1) is 0 Å². The van der Waals surface area contributed by atoms with Gasteiger partial charge < -0.3 is 10.6 Å². The first-order valence-corrected chi connectivity index (χ1v) is 6.63. The quantitative estimate of drug-likeness (QED) is 0.786. The normalized spacial score (nSPS) is 22.4. The zero-order chi connectivity index (χ0) is 12.6. The van der Waals surface area contributed by atoms with Gasteiger partial charge in [-0.1, -0.05) is 13.8 Å². The van der Waals surface area contributed by atoms with Gasteiger partial charge in [-0.2, -0.15) is 0 Å². The molecule has 0 aromatic heterocycles.